The normalized spacial score (nSPS) is 23.7. The maximum Gasteiger partial charge on any atom is 0.266 e. The van der Waals surface area contributed by atoms with Crippen LogP contribution in [0.2, 0.25) is 0 Å². The summed E-state index contributed by atoms with van der Waals surface area (Å²) < 4.78 is 35.0. The van der Waals surface area contributed by atoms with Crippen LogP contribution in [0.15, 0.2) is 6.33 Å². The van der Waals surface area contributed by atoms with E-state index in [-0.39, 0.29) is 31.0 Å². The van der Waals surface area contributed by atoms with Crippen molar-refractivity contribution < 1.29 is 13.5 Å². The molecule has 2 saturated heterocycles. The van der Waals surface area contributed by atoms with E-state index < -0.39 is 5.92 Å². The Bertz CT molecular complexity index is 792. The molecular formula is C17H23F2N5O. The predicted molar refractivity (Wildman–Crippen MR) is 90.3 cm³/mol. The van der Waals surface area contributed by atoms with Gasteiger partial charge in [-0.15, -0.1) is 0 Å². The van der Waals surface area contributed by atoms with Gasteiger partial charge in [0.2, 0.25) is 0 Å². The smallest absolute Gasteiger partial charge is 0.266 e. The van der Waals surface area contributed by atoms with Crippen LogP contribution in [0.1, 0.15) is 45.5 Å². The van der Waals surface area contributed by atoms with E-state index >= 15 is 0 Å². The van der Waals surface area contributed by atoms with Gasteiger partial charge in [-0.3, -0.25) is 0 Å². The molecule has 0 radical (unpaired) electrons. The third-order valence-electron chi connectivity index (χ3n) is 4.84. The highest BCUT2D eigenvalue weighted by Crippen LogP contribution is 2.35. The summed E-state index contributed by atoms with van der Waals surface area (Å²) in [6, 6.07) is 0.181. The SMILES string of the molecule is CC(C)(C)c1nc(N2CCC(F)(F)C2)c2ncn(C3CCOC3)c2n1. The minimum atomic E-state index is -2.68. The average Bonchev–Trinajstić information content (AvgIpc) is 3.23. The molecule has 0 saturated carbocycles. The van der Waals surface area contributed by atoms with Crippen LogP contribution >= 0.6 is 0 Å². The molecule has 2 aromatic heterocycles. The van der Waals surface area contributed by atoms with E-state index in [1.165, 1.54) is 0 Å². The van der Waals surface area contributed by atoms with Crippen molar-refractivity contribution in [3.05, 3.63) is 12.2 Å². The molecule has 4 heterocycles. The van der Waals surface area contributed by atoms with Gasteiger partial charge in [-0.2, -0.15) is 0 Å². The Morgan fingerprint density at radius 1 is 1.28 bits per heavy atom. The van der Waals surface area contributed by atoms with Crippen molar-refractivity contribution in [3.63, 3.8) is 0 Å². The second-order valence-corrected chi connectivity index (χ2v) is 7.99. The summed E-state index contributed by atoms with van der Waals surface area (Å²) in [5.74, 6) is -1.52. The number of hydrogen-bond acceptors (Lipinski definition) is 5. The minimum Gasteiger partial charge on any atom is -0.379 e. The van der Waals surface area contributed by atoms with E-state index in [4.69, 9.17) is 9.72 Å². The molecule has 0 N–H and O–H groups in total. The molecule has 2 aromatic rings. The average molecular weight is 351 g/mol. The van der Waals surface area contributed by atoms with Crippen LogP contribution in [-0.2, 0) is 10.2 Å². The number of aromatic nitrogens is 4. The van der Waals surface area contributed by atoms with Crippen LogP contribution in [0.25, 0.3) is 11.2 Å². The van der Waals surface area contributed by atoms with Gasteiger partial charge in [0.05, 0.1) is 25.5 Å². The first-order chi connectivity index (χ1) is 11.7. The third-order valence-corrected chi connectivity index (χ3v) is 4.84. The van der Waals surface area contributed by atoms with E-state index in [1.54, 1.807) is 11.2 Å². The summed E-state index contributed by atoms with van der Waals surface area (Å²) in [6.45, 7) is 7.37. The molecule has 2 aliphatic rings. The third kappa shape index (κ3) is 2.96. The predicted octanol–water partition coefficient (Wildman–Crippen LogP) is 2.93. The molecule has 2 aliphatic heterocycles. The van der Waals surface area contributed by atoms with Crippen LogP contribution in [0.3, 0.4) is 0 Å². The summed E-state index contributed by atoms with van der Waals surface area (Å²) in [5.41, 5.74) is 1.02. The molecule has 0 bridgehead atoms. The van der Waals surface area contributed by atoms with Crippen molar-refractivity contribution in [1.82, 2.24) is 19.5 Å². The maximum atomic E-state index is 13.7. The van der Waals surface area contributed by atoms with Gasteiger partial charge >= 0.3 is 0 Å². The van der Waals surface area contributed by atoms with Gasteiger partial charge in [0, 0.05) is 25.0 Å². The Morgan fingerprint density at radius 2 is 2.08 bits per heavy atom. The highest BCUT2D eigenvalue weighted by atomic mass is 19.3. The topological polar surface area (TPSA) is 56.1 Å². The van der Waals surface area contributed by atoms with Crippen LogP contribution in [0, 0.1) is 0 Å². The first-order valence-electron chi connectivity index (χ1n) is 8.70. The molecule has 0 aromatic carbocycles. The second-order valence-electron chi connectivity index (χ2n) is 7.99. The number of halogens is 2. The zero-order valence-corrected chi connectivity index (χ0v) is 14.8. The van der Waals surface area contributed by atoms with Crippen LogP contribution < -0.4 is 4.90 Å². The van der Waals surface area contributed by atoms with Crippen molar-refractivity contribution in [2.45, 2.75) is 51.0 Å². The number of hydrogen-bond donors (Lipinski definition) is 0. The van der Waals surface area contributed by atoms with Crippen LogP contribution in [0.4, 0.5) is 14.6 Å². The van der Waals surface area contributed by atoms with Gasteiger partial charge in [-0.1, -0.05) is 20.8 Å². The van der Waals surface area contributed by atoms with Gasteiger partial charge in [-0.05, 0) is 6.42 Å². The molecule has 2 fully saturated rings. The molecule has 0 amide bonds. The lowest BCUT2D eigenvalue weighted by Gasteiger charge is -2.22. The van der Waals surface area contributed by atoms with E-state index in [9.17, 15) is 8.78 Å². The van der Waals surface area contributed by atoms with Crippen molar-refractivity contribution >= 4 is 17.0 Å². The Kier molecular flexibility index (Phi) is 3.72. The van der Waals surface area contributed by atoms with E-state index in [1.807, 2.05) is 25.3 Å². The van der Waals surface area contributed by atoms with Crippen molar-refractivity contribution in [2.75, 3.05) is 31.2 Å². The standard InChI is InChI=1S/C17H23F2N5O/c1-16(2,3)15-21-13(23-6-5-17(18,19)9-23)12-14(22-15)24(10-20-12)11-4-7-25-8-11/h10-11H,4-9H2,1-3H3. The fourth-order valence-electron chi connectivity index (χ4n) is 3.38. The Morgan fingerprint density at radius 3 is 2.68 bits per heavy atom. The number of imidazole rings is 1. The van der Waals surface area contributed by atoms with Crippen LogP contribution in [-0.4, -0.2) is 51.7 Å². The summed E-state index contributed by atoms with van der Waals surface area (Å²) in [4.78, 5) is 15.5. The lowest BCUT2D eigenvalue weighted by molar-refractivity contribution is 0.0257. The van der Waals surface area contributed by atoms with Gasteiger partial charge in [0.25, 0.3) is 5.92 Å². The highest BCUT2D eigenvalue weighted by molar-refractivity contribution is 5.84. The number of rotatable bonds is 2. The fraction of sp³-hybridized carbons (Fsp3) is 0.706. The van der Waals surface area contributed by atoms with E-state index in [0.29, 0.717) is 36.0 Å². The molecule has 8 heteroatoms. The van der Waals surface area contributed by atoms with Crippen molar-refractivity contribution in [1.29, 1.82) is 0 Å². The summed E-state index contributed by atoms with van der Waals surface area (Å²) in [5, 5.41) is 0. The van der Waals surface area contributed by atoms with E-state index in [0.717, 1.165) is 6.42 Å². The lowest BCUT2D eigenvalue weighted by Crippen LogP contribution is -2.27. The Hall–Kier alpha value is -1.83. The molecule has 4 rings (SSSR count). The zero-order chi connectivity index (χ0) is 17.8. The molecule has 136 valence electrons. The lowest BCUT2D eigenvalue weighted by atomic mass is 9.96. The van der Waals surface area contributed by atoms with Crippen LogP contribution in [0.5, 0.6) is 0 Å². The maximum absolute atomic E-state index is 13.7. The molecule has 0 aliphatic carbocycles. The molecule has 1 atom stereocenters. The van der Waals surface area contributed by atoms with Crippen molar-refractivity contribution in [3.8, 4) is 0 Å². The first-order valence-corrected chi connectivity index (χ1v) is 8.70. The molecular weight excluding hydrogens is 328 g/mol. The Balaban J connectivity index is 1.86. The summed E-state index contributed by atoms with van der Waals surface area (Å²) >= 11 is 0. The number of ether oxygens (including phenoxy) is 1. The number of nitrogens with zero attached hydrogens (tertiary/aromatic N) is 5. The quantitative estimate of drug-likeness (QED) is 0.833. The fourth-order valence-corrected chi connectivity index (χ4v) is 3.38. The number of alkyl halides is 2. The zero-order valence-electron chi connectivity index (χ0n) is 14.8. The van der Waals surface area contributed by atoms with Gasteiger partial charge in [-0.25, -0.2) is 23.7 Å². The molecule has 25 heavy (non-hydrogen) atoms. The van der Waals surface area contributed by atoms with Gasteiger partial charge in [0.1, 0.15) is 5.82 Å². The largest absolute Gasteiger partial charge is 0.379 e. The monoisotopic (exact) mass is 351 g/mol. The van der Waals surface area contributed by atoms with E-state index in [2.05, 4.69) is 9.97 Å². The van der Waals surface area contributed by atoms with Crippen molar-refractivity contribution in [2.24, 2.45) is 0 Å². The highest BCUT2D eigenvalue weighted by Gasteiger charge is 2.40. The molecule has 1 unspecified atom stereocenters. The molecule has 0 spiro atoms. The molecule has 6 nitrogen and oxygen atoms in total. The minimum absolute atomic E-state index is 0.152. The number of fused-ring (bicyclic) bond motifs is 1. The summed E-state index contributed by atoms with van der Waals surface area (Å²) in [7, 11) is 0. The summed E-state index contributed by atoms with van der Waals surface area (Å²) in [6.07, 6.45) is 2.49. The first kappa shape index (κ1) is 16.6. The van der Waals surface area contributed by atoms with Gasteiger partial charge < -0.3 is 14.2 Å². The Labute approximate surface area is 145 Å². The second kappa shape index (κ2) is 5.59. The van der Waals surface area contributed by atoms with Gasteiger partial charge in [0.15, 0.2) is 17.0 Å². The number of anilines is 1.